The fourth-order valence-corrected chi connectivity index (χ4v) is 3.78. The number of amidine groups is 1. The minimum atomic E-state index is -1.13. The summed E-state index contributed by atoms with van der Waals surface area (Å²) in [6.07, 6.45) is -0.0320. The first kappa shape index (κ1) is 19.6. The van der Waals surface area contributed by atoms with Crippen molar-refractivity contribution in [3.05, 3.63) is 25.3 Å². The molecule has 2 heterocycles. The van der Waals surface area contributed by atoms with Crippen molar-refractivity contribution in [1.82, 2.24) is 4.90 Å². The van der Waals surface area contributed by atoms with Crippen molar-refractivity contribution < 1.29 is 28.9 Å². The lowest BCUT2D eigenvalue weighted by molar-refractivity contribution is -0.187. The van der Waals surface area contributed by atoms with Crippen molar-refractivity contribution >= 4 is 28.8 Å². The highest BCUT2D eigenvalue weighted by molar-refractivity contribution is 8.14. The van der Waals surface area contributed by atoms with Gasteiger partial charge in [-0.15, -0.1) is 13.2 Å². The van der Waals surface area contributed by atoms with Gasteiger partial charge in [0.25, 0.3) is 0 Å². The summed E-state index contributed by atoms with van der Waals surface area (Å²) in [4.78, 5) is 28.7. The zero-order valence-electron chi connectivity index (χ0n) is 14.2. The Kier molecular flexibility index (Phi) is 6.77. The van der Waals surface area contributed by atoms with Gasteiger partial charge in [-0.3, -0.25) is 14.7 Å². The van der Waals surface area contributed by atoms with Crippen LogP contribution in [0.15, 0.2) is 30.3 Å². The largest absolute Gasteiger partial charge is 0.465 e. The van der Waals surface area contributed by atoms with Gasteiger partial charge in [0.2, 0.25) is 0 Å². The number of ether oxygens (including phenoxy) is 3. The summed E-state index contributed by atoms with van der Waals surface area (Å²) in [7, 11) is 1.40. The zero-order valence-corrected chi connectivity index (χ0v) is 15.0. The second-order valence-electron chi connectivity index (χ2n) is 5.57. The Morgan fingerprint density at radius 2 is 1.92 bits per heavy atom. The Bertz CT molecular complexity index is 581. The van der Waals surface area contributed by atoms with Gasteiger partial charge in [0.05, 0.1) is 13.2 Å². The van der Waals surface area contributed by atoms with E-state index < -0.39 is 35.9 Å². The highest BCUT2D eigenvalue weighted by Gasteiger charge is 2.52. The van der Waals surface area contributed by atoms with Gasteiger partial charge >= 0.3 is 6.09 Å². The molecule has 0 unspecified atom stereocenters. The molecule has 0 aromatic heterocycles. The standard InChI is InChI=1S/C16H22N2O6S/c1-5-7-22-12-10-14(25-15(17-10)18(4)16(20)21)24-11(9(3)19)13(12)23-8-6-2/h5-6,10-14H,1-2,7-8H2,3-4H3,(H,20,21)/t10-,11-,12-,13-,14-/m1/s1. The van der Waals surface area contributed by atoms with Crippen LogP contribution in [0.5, 0.6) is 0 Å². The van der Waals surface area contributed by atoms with Crippen LogP contribution < -0.4 is 0 Å². The van der Waals surface area contributed by atoms with E-state index in [4.69, 9.17) is 19.3 Å². The van der Waals surface area contributed by atoms with E-state index in [1.807, 2.05) is 0 Å². The fourth-order valence-electron chi connectivity index (χ4n) is 2.63. The highest BCUT2D eigenvalue weighted by atomic mass is 32.2. The number of nitrogens with zero attached hydrogens (tertiary/aromatic N) is 2. The average Bonchev–Trinajstić information content (AvgIpc) is 3.00. The Morgan fingerprint density at radius 1 is 1.32 bits per heavy atom. The van der Waals surface area contributed by atoms with E-state index in [1.165, 1.54) is 14.0 Å². The van der Waals surface area contributed by atoms with E-state index in [9.17, 15) is 9.59 Å². The number of ketones is 1. The number of carbonyl (C=O) groups excluding carboxylic acids is 1. The maximum Gasteiger partial charge on any atom is 0.413 e. The first-order valence-corrected chi connectivity index (χ1v) is 8.60. The van der Waals surface area contributed by atoms with Gasteiger partial charge in [0.15, 0.2) is 11.0 Å². The number of hydrogen-bond donors (Lipinski definition) is 1. The summed E-state index contributed by atoms with van der Waals surface area (Å²) < 4.78 is 17.4. The smallest absolute Gasteiger partial charge is 0.413 e. The Labute approximate surface area is 150 Å². The molecule has 0 aromatic carbocycles. The molecule has 0 saturated carbocycles. The first-order valence-electron chi connectivity index (χ1n) is 7.72. The van der Waals surface area contributed by atoms with Crippen molar-refractivity contribution in [1.29, 1.82) is 0 Å². The number of hydrogen-bond acceptors (Lipinski definition) is 7. The number of Topliss-reactive ketones (excluding diaryl/α,β-unsaturated/α-hetero) is 1. The summed E-state index contributed by atoms with van der Waals surface area (Å²) in [5.41, 5.74) is -0.524. The van der Waals surface area contributed by atoms with Gasteiger partial charge in [-0.25, -0.2) is 4.79 Å². The summed E-state index contributed by atoms with van der Waals surface area (Å²) in [6.45, 7) is 9.14. The van der Waals surface area contributed by atoms with Crippen LogP contribution in [-0.4, -0.2) is 77.1 Å². The molecule has 0 bridgehead atoms. The van der Waals surface area contributed by atoms with Gasteiger partial charge in [-0.1, -0.05) is 23.9 Å². The average molecular weight is 370 g/mol. The summed E-state index contributed by atoms with van der Waals surface area (Å²) in [6, 6.07) is -0.493. The summed E-state index contributed by atoms with van der Waals surface area (Å²) in [5.74, 6) is -0.194. The normalized spacial score (nSPS) is 31.0. The van der Waals surface area contributed by atoms with E-state index >= 15 is 0 Å². The van der Waals surface area contributed by atoms with E-state index in [-0.39, 0.29) is 19.0 Å². The van der Waals surface area contributed by atoms with Crippen molar-refractivity contribution in [2.75, 3.05) is 20.3 Å². The molecule has 0 aromatic rings. The number of aliphatic imine (C=N–C) groups is 1. The van der Waals surface area contributed by atoms with Crippen molar-refractivity contribution in [3.63, 3.8) is 0 Å². The van der Waals surface area contributed by atoms with Gasteiger partial charge in [-0.05, 0) is 6.92 Å². The molecule has 9 heteroatoms. The Hall–Kier alpha value is -1.68. The molecule has 0 radical (unpaired) electrons. The third kappa shape index (κ3) is 4.30. The third-order valence-electron chi connectivity index (χ3n) is 3.79. The molecule has 25 heavy (non-hydrogen) atoms. The van der Waals surface area contributed by atoms with Gasteiger partial charge < -0.3 is 19.3 Å². The maximum absolute atomic E-state index is 12.0. The Morgan fingerprint density at radius 3 is 2.44 bits per heavy atom. The van der Waals surface area contributed by atoms with Crippen LogP contribution in [0.25, 0.3) is 0 Å². The molecule has 2 aliphatic heterocycles. The molecule has 1 fully saturated rings. The molecule has 0 spiro atoms. The van der Waals surface area contributed by atoms with E-state index in [2.05, 4.69) is 18.2 Å². The third-order valence-corrected chi connectivity index (χ3v) is 5.00. The molecule has 0 aliphatic carbocycles. The predicted octanol–water partition coefficient (Wildman–Crippen LogP) is 1.52. The predicted molar refractivity (Wildman–Crippen MR) is 93.8 cm³/mol. The molecule has 138 valence electrons. The quantitative estimate of drug-likeness (QED) is 0.679. The molecule has 1 N–H and O–H groups in total. The van der Waals surface area contributed by atoms with Crippen LogP contribution in [0.1, 0.15) is 6.92 Å². The van der Waals surface area contributed by atoms with Crippen molar-refractivity contribution in [2.45, 2.75) is 36.7 Å². The molecule has 1 saturated heterocycles. The van der Waals surface area contributed by atoms with Gasteiger partial charge in [0.1, 0.15) is 29.8 Å². The SMILES string of the molecule is C=CCO[C@@H]1[C@H]2N=C(N(C)C(=O)O)S[C@H]2O[C@H](C(C)=O)[C@H]1OCC=C. The van der Waals surface area contributed by atoms with Crippen LogP contribution >= 0.6 is 11.8 Å². The van der Waals surface area contributed by atoms with Gasteiger partial charge in [0, 0.05) is 7.05 Å². The first-order chi connectivity index (χ1) is 11.9. The van der Waals surface area contributed by atoms with Crippen LogP contribution in [0.2, 0.25) is 0 Å². The minimum absolute atomic E-state index is 0.194. The van der Waals surface area contributed by atoms with Crippen molar-refractivity contribution in [2.24, 2.45) is 4.99 Å². The lowest BCUT2D eigenvalue weighted by Crippen LogP contribution is -2.59. The van der Waals surface area contributed by atoms with Crippen molar-refractivity contribution in [3.8, 4) is 0 Å². The fraction of sp³-hybridized carbons (Fsp3) is 0.562. The molecular weight excluding hydrogens is 348 g/mol. The number of amides is 1. The lowest BCUT2D eigenvalue weighted by Gasteiger charge is -2.41. The number of fused-ring (bicyclic) bond motifs is 1. The number of carboxylic acid groups (broad SMARTS) is 1. The molecule has 1 amide bonds. The van der Waals surface area contributed by atoms with E-state index in [1.54, 1.807) is 12.2 Å². The molecule has 2 aliphatic rings. The maximum atomic E-state index is 12.0. The number of rotatable bonds is 7. The zero-order chi connectivity index (χ0) is 18.6. The Balaban J connectivity index is 2.31. The molecule has 5 atom stereocenters. The van der Waals surface area contributed by atoms with Crippen LogP contribution in [-0.2, 0) is 19.0 Å². The molecule has 2 rings (SSSR count). The molecular formula is C16H22N2O6S. The van der Waals surface area contributed by atoms with Crippen LogP contribution in [0.3, 0.4) is 0 Å². The summed E-state index contributed by atoms with van der Waals surface area (Å²) >= 11 is 1.15. The highest BCUT2D eigenvalue weighted by Crippen LogP contribution is 2.39. The minimum Gasteiger partial charge on any atom is -0.465 e. The van der Waals surface area contributed by atoms with Crippen LogP contribution in [0, 0.1) is 0 Å². The molecule has 8 nitrogen and oxygen atoms in total. The summed E-state index contributed by atoms with van der Waals surface area (Å²) in [5, 5.41) is 9.44. The second kappa shape index (κ2) is 8.61. The number of carbonyl (C=O) groups is 2. The van der Waals surface area contributed by atoms with Crippen LogP contribution in [0.4, 0.5) is 4.79 Å². The van der Waals surface area contributed by atoms with Gasteiger partial charge in [-0.2, -0.15) is 0 Å². The van der Waals surface area contributed by atoms with E-state index in [0.717, 1.165) is 16.7 Å². The second-order valence-corrected chi connectivity index (χ2v) is 6.64. The topological polar surface area (TPSA) is 97.7 Å². The lowest BCUT2D eigenvalue weighted by atomic mass is 9.95. The monoisotopic (exact) mass is 370 g/mol. The van der Waals surface area contributed by atoms with E-state index in [0.29, 0.717) is 5.17 Å². The number of thioether (sulfide) groups is 1.